The van der Waals surface area contributed by atoms with Gasteiger partial charge in [-0.15, -0.1) is 0 Å². The largest absolute Gasteiger partial charge is 0.333 e. The Bertz CT molecular complexity index is 334. The molecule has 0 saturated carbocycles. The Hall–Kier alpha value is -0.870. The molecule has 1 fully saturated rings. The Morgan fingerprint density at radius 2 is 2.35 bits per heavy atom. The molecular weight excluding hydrogens is 212 g/mol. The lowest BCUT2D eigenvalue weighted by Gasteiger charge is -2.32. The number of nitrogens with zero attached hydrogens (tertiary/aromatic N) is 3. The van der Waals surface area contributed by atoms with Crippen LogP contribution in [0.2, 0.25) is 0 Å². The van der Waals surface area contributed by atoms with E-state index in [9.17, 15) is 0 Å². The molecule has 0 aliphatic carbocycles. The van der Waals surface area contributed by atoms with Crippen LogP contribution in [0.5, 0.6) is 0 Å². The molecule has 2 heterocycles. The lowest BCUT2D eigenvalue weighted by atomic mass is 10.1. The first-order valence-electron chi connectivity index (χ1n) is 6.79. The number of imidazole rings is 1. The zero-order chi connectivity index (χ0) is 12.1. The van der Waals surface area contributed by atoms with Crippen LogP contribution < -0.4 is 5.32 Å². The number of nitrogens with one attached hydrogen (secondary N) is 1. The molecular formula is C13H24N4. The summed E-state index contributed by atoms with van der Waals surface area (Å²) in [5.74, 6) is 0. The third-order valence-electron chi connectivity index (χ3n) is 3.56. The molecule has 1 unspecified atom stereocenters. The highest BCUT2D eigenvalue weighted by Crippen LogP contribution is 2.21. The molecule has 1 aromatic rings. The molecule has 4 nitrogen and oxygen atoms in total. The van der Waals surface area contributed by atoms with E-state index in [1.54, 1.807) is 0 Å². The molecule has 1 aliphatic rings. The van der Waals surface area contributed by atoms with Crippen LogP contribution in [0.4, 0.5) is 0 Å². The summed E-state index contributed by atoms with van der Waals surface area (Å²) in [6, 6.07) is 0.617. The van der Waals surface area contributed by atoms with Gasteiger partial charge in [-0.2, -0.15) is 0 Å². The second-order valence-electron chi connectivity index (χ2n) is 4.78. The number of hydrogen-bond acceptors (Lipinski definition) is 3. The van der Waals surface area contributed by atoms with Crippen molar-refractivity contribution in [1.29, 1.82) is 0 Å². The van der Waals surface area contributed by atoms with Gasteiger partial charge in [-0.3, -0.25) is 0 Å². The lowest BCUT2D eigenvalue weighted by molar-refractivity contribution is 0.185. The van der Waals surface area contributed by atoms with Crippen molar-refractivity contribution >= 4 is 0 Å². The molecule has 0 amide bonds. The molecule has 0 aromatic carbocycles. The van der Waals surface area contributed by atoms with E-state index in [-0.39, 0.29) is 0 Å². The fourth-order valence-electron chi connectivity index (χ4n) is 2.49. The molecule has 4 heteroatoms. The van der Waals surface area contributed by atoms with E-state index >= 15 is 0 Å². The predicted molar refractivity (Wildman–Crippen MR) is 70.0 cm³/mol. The highest BCUT2D eigenvalue weighted by atomic mass is 15.2. The molecule has 1 aromatic heterocycles. The van der Waals surface area contributed by atoms with Crippen LogP contribution in [0.1, 0.15) is 38.4 Å². The van der Waals surface area contributed by atoms with Gasteiger partial charge in [0.2, 0.25) is 0 Å². The highest BCUT2D eigenvalue weighted by Gasteiger charge is 2.19. The van der Waals surface area contributed by atoms with Crippen LogP contribution in [-0.4, -0.2) is 40.6 Å². The van der Waals surface area contributed by atoms with Crippen molar-refractivity contribution in [3.63, 3.8) is 0 Å². The Morgan fingerprint density at radius 1 is 1.47 bits per heavy atom. The summed E-state index contributed by atoms with van der Waals surface area (Å²) in [7, 11) is 0. The summed E-state index contributed by atoms with van der Waals surface area (Å²) in [5.41, 5.74) is 1.15. The number of likely N-dealkylation sites (tertiary alicyclic amines) is 1. The smallest absolute Gasteiger partial charge is 0.0953 e. The normalized spacial score (nSPS) is 21.9. The van der Waals surface area contributed by atoms with E-state index in [4.69, 9.17) is 0 Å². The van der Waals surface area contributed by atoms with Crippen molar-refractivity contribution in [1.82, 2.24) is 19.8 Å². The van der Waals surface area contributed by atoms with Crippen LogP contribution in [-0.2, 0) is 6.54 Å². The number of likely N-dealkylation sites (N-methyl/N-ethyl adjacent to an activating group) is 1. The maximum Gasteiger partial charge on any atom is 0.0953 e. The highest BCUT2D eigenvalue weighted by molar-refractivity contribution is 4.98. The van der Waals surface area contributed by atoms with Crippen molar-refractivity contribution in [2.75, 3.05) is 26.2 Å². The van der Waals surface area contributed by atoms with Gasteiger partial charge in [0.1, 0.15) is 0 Å². The molecule has 96 valence electrons. The summed E-state index contributed by atoms with van der Waals surface area (Å²) in [6.07, 6.45) is 6.79. The zero-order valence-corrected chi connectivity index (χ0v) is 11.0. The number of piperidine rings is 1. The SMILES string of the molecule is CCNCc1cn(C2CCCN(CC)C2)cn1. The molecule has 0 spiro atoms. The van der Waals surface area contributed by atoms with Gasteiger partial charge in [0.25, 0.3) is 0 Å². The van der Waals surface area contributed by atoms with Gasteiger partial charge in [0.05, 0.1) is 12.0 Å². The summed E-state index contributed by atoms with van der Waals surface area (Å²) in [5, 5.41) is 3.31. The average Bonchev–Trinajstić information content (AvgIpc) is 2.85. The monoisotopic (exact) mass is 236 g/mol. The molecule has 1 N–H and O–H groups in total. The topological polar surface area (TPSA) is 33.1 Å². The molecule has 17 heavy (non-hydrogen) atoms. The molecule has 1 aliphatic heterocycles. The van der Waals surface area contributed by atoms with Gasteiger partial charge in [0, 0.05) is 25.3 Å². The fraction of sp³-hybridized carbons (Fsp3) is 0.769. The Labute approximate surface area is 104 Å². The molecule has 1 atom stereocenters. The second kappa shape index (κ2) is 6.17. The number of aromatic nitrogens is 2. The first-order chi connectivity index (χ1) is 8.33. The summed E-state index contributed by atoms with van der Waals surface area (Å²) < 4.78 is 2.30. The van der Waals surface area contributed by atoms with Crippen LogP contribution in [0.3, 0.4) is 0 Å². The van der Waals surface area contributed by atoms with Gasteiger partial charge < -0.3 is 14.8 Å². The van der Waals surface area contributed by atoms with Crippen molar-refractivity contribution in [3.8, 4) is 0 Å². The van der Waals surface area contributed by atoms with Crippen LogP contribution in [0.25, 0.3) is 0 Å². The summed E-state index contributed by atoms with van der Waals surface area (Å²) in [6.45, 7) is 9.84. The van der Waals surface area contributed by atoms with Gasteiger partial charge in [-0.05, 0) is 32.5 Å². The van der Waals surface area contributed by atoms with Crippen molar-refractivity contribution in [2.45, 2.75) is 39.3 Å². The second-order valence-corrected chi connectivity index (χ2v) is 4.78. The van der Waals surface area contributed by atoms with Crippen molar-refractivity contribution in [2.24, 2.45) is 0 Å². The maximum absolute atomic E-state index is 4.46. The van der Waals surface area contributed by atoms with Gasteiger partial charge in [0.15, 0.2) is 0 Å². The van der Waals surface area contributed by atoms with E-state index in [0.717, 1.165) is 25.3 Å². The molecule has 2 rings (SSSR count). The lowest BCUT2D eigenvalue weighted by Crippen LogP contribution is -2.36. The van der Waals surface area contributed by atoms with E-state index in [0.29, 0.717) is 6.04 Å². The molecule has 0 bridgehead atoms. The summed E-state index contributed by atoms with van der Waals surface area (Å²) >= 11 is 0. The minimum Gasteiger partial charge on any atom is -0.333 e. The zero-order valence-electron chi connectivity index (χ0n) is 11.0. The first kappa shape index (κ1) is 12.6. The first-order valence-corrected chi connectivity index (χ1v) is 6.79. The third-order valence-corrected chi connectivity index (χ3v) is 3.56. The van der Waals surface area contributed by atoms with E-state index < -0.39 is 0 Å². The van der Waals surface area contributed by atoms with Crippen LogP contribution >= 0.6 is 0 Å². The minimum absolute atomic E-state index is 0.617. The van der Waals surface area contributed by atoms with Crippen molar-refractivity contribution in [3.05, 3.63) is 18.2 Å². The standard InChI is InChI=1S/C13H24N4/c1-3-14-8-12-9-17(11-15-12)13-6-5-7-16(4-2)10-13/h9,11,13-14H,3-8,10H2,1-2H3. The molecule has 1 saturated heterocycles. The van der Waals surface area contributed by atoms with Crippen LogP contribution in [0, 0.1) is 0 Å². The van der Waals surface area contributed by atoms with Crippen molar-refractivity contribution < 1.29 is 0 Å². The number of rotatable bonds is 5. The average molecular weight is 236 g/mol. The van der Waals surface area contributed by atoms with E-state index in [1.807, 2.05) is 6.33 Å². The Balaban J connectivity index is 1.94. The minimum atomic E-state index is 0.617. The maximum atomic E-state index is 4.46. The van der Waals surface area contributed by atoms with E-state index in [2.05, 4.69) is 39.8 Å². The summed E-state index contributed by atoms with van der Waals surface area (Å²) in [4.78, 5) is 6.99. The third kappa shape index (κ3) is 3.30. The molecule has 0 radical (unpaired) electrons. The quantitative estimate of drug-likeness (QED) is 0.844. The van der Waals surface area contributed by atoms with Crippen LogP contribution in [0.15, 0.2) is 12.5 Å². The van der Waals surface area contributed by atoms with Gasteiger partial charge in [-0.25, -0.2) is 4.98 Å². The van der Waals surface area contributed by atoms with Gasteiger partial charge in [-0.1, -0.05) is 13.8 Å². The predicted octanol–water partition coefficient (Wildman–Crippen LogP) is 1.65. The number of hydrogen-bond donors (Lipinski definition) is 1. The Morgan fingerprint density at radius 3 is 3.12 bits per heavy atom. The van der Waals surface area contributed by atoms with E-state index in [1.165, 1.54) is 25.9 Å². The Kier molecular flexibility index (Phi) is 4.57. The van der Waals surface area contributed by atoms with Gasteiger partial charge >= 0.3 is 0 Å². The fourth-order valence-corrected chi connectivity index (χ4v) is 2.49.